The lowest BCUT2D eigenvalue weighted by atomic mass is 10.1. The normalized spacial score (nSPS) is 20.9. The van der Waals surface area contributed by atoms with Crippen LogP contribution < -0.4 is 4.90 Å². The maximum Gasteiger partial charge on any atom is 0.231 e. The summed E-state index contributed by atoms with van der Waals surface area (Å²) in [6, 6.07) is 10.2. The second-order valence-corrected chi connectivity index (χ2v) is 6.52. The van der Waals surface area contributed by atoms with E-state index in [4.69, 9.17) is 4.52 Å². The molecule has 4 rings (SSSR count). The lowest BCUT2D eigenvalue weighted by Gasteiger charge is -2.21. The molecule has 1 amide bonds. The number of fused-ring (bicyclic) bond motifs is 1. The Kier molecular flexibility index (Phi) is 3.65. The first kappa shape index (κ1) is 14.5. The molecule has 1 aromatic carbocycles. The molecule has 0 saturated carbocycles. The molecule has 0 bridgehead atoms. The van der Waals surface area contributed by atoms with Gasteiger partial charge in [-0.05, 0) is 37.9 Å². The molecule has 2 aromatic rings. The van der Waals surface area contributed by atoms with E-state index in [0.717, 1.165) is 56.2 Å². The van der Waals surface area contributed by atoms with Crippen LogP contribution in [0, 0.1) is 12.8 Å². The number of carbonyl (C=O) groups is 1. The lowest BCUT2D eigenvalue weighted by Crippen LogP contribution is -2.36. The molecule has 2 aliphatic heterocycles. The summed E-state index contributed by atoms with van der Waals surface area (Å²) in [7, 11) is 0. The van der Waals surface area contributed by atoms with Gasteiger partial charge in [0.2, 0.25) is 5.91 Å². The molecule has 1 saturated heterocycles. The summed E-state index contributed by atoms with van der Waals surface area (Å²) in [6.07, 6.45) is 1.89. The van der Waals surface area contributed by atoms with E-state index in [1.807, 2.05) is 30.0 Å². The predicted octanol–water partition coefficient (Wildman–Crippen LogP) is 2.39. The van der Waals surface area contributed by atoms with Gasteiger partial charge in [0.05, 0.1) is 18.2 Å². The fourth-order valence-corrected chi connectivity index (χ4v) is 3.68. The average molecular weight is 311 g/mol. The zero-order valence-corrected chi connectivity index (χ0v) is 13.4. The van der Waals surface area contributed by atoms with Gasteiger partial charge in [-0.2, -0.15) is 0 Å². The lowest BCUT2D eigenvalue weighted by molar-refractivity contribution is -0.121. The first-order chi connectivity index (χ1) is 11.2. The minimum Gasteiger partial charge on any atom is -0.360 e. The second kappa shape index (κ2) is 5.81. The highest BCUT2D eigenvalue weighted by molar-refractivity contribution is 5.97. The van der Waals surface area contributed by atoms with Crippen molar-refractivity contribution in [2.75, 3.05) is 24.5 Å². The smallest absolute Gasteiger partial charge is 0.231 e. The van der Waals surface area contributed by atoms with Gasteiger partial charge in [-0.1, -0.05) is 23.4 Å². The minimum atomic E-state index is 0.0881. The van der Waals surface area contributed by atoms with E-state index in [-0.39, 0.29) is 11.8 Å². The van der Waals surface area contributed by atoms with Crippen molar-refractivity contribution in [3.63, 3.8) is 0 Å². The fraction of sp³-hybridized carbons (Fsp3) is 0.444. The monoisotopic (exact) mass is 311 g/mol. The van der Waals surface area contributed by atoms with Crippen LogP contribution in [-0.2, 0) is 17.8 Å². The molecule has 3 heterocycles. The van der Waals surface area contributed by atoms with Crippen molar-refractivity contribution < 1.29 is 9.32 Å². The maximum absolute atomic E-state index is 12.9. The van der Waals surface area contributed by atoms with Crippen LogP contribution in [-0.4, -0.2) is 35.6 Å². The number of nitrogens with zero attached hydrogens (tertiary/aromatic N) is 3. The molecule has 0 radical (unpaired) electrons. The Morgan fingerprint density at radius 1 is 1.35 bits per heavy atom. The minimum absolute atomic E-state index is 0.0881. The number of amides is 1. The summed E-state index contributed by atoms with van der Waals surface area (Å²) in [5.41, 5.74) is 3.29. The van der Waals surface area contributed by atoms with Gasteiger partial charge in [-0.3, -0.25) is 9.69 Å². The zero-order chi connectivity index (χ0) is 15.8. The number of aromatic nitrogens is 1. The zero-order valence-electron chi connectivity index (χ0n) is 13.4. The van der Waals surface area contributed by atoms with E-state index >= 15 is 0 Å². The van der Waals surface area contributed by atoms with Crippen LogP contribution in [0.1, 0.15) is 23.4 Å². The van der Waals surface area contributed by atoms with Gasteiger partial charge in [-0.15, -0.1) is 0 Å². The van der Waals surface area contributed by atoms with Crippen molar-refractivity contribution in [3.05, 3.63) is 47.3 Å². The van der Waals surface area contributed by atoms with Gasteiger partial charge in [0.1, 0.15) is 0 Å². The highest BCUT2D eigenvalue weighted by Crippen LogP contribution is 2.31. The first-order valence-corrected chi connectivity index (χ1v) is 8.24. The molecule has 2 aliphatic rings. The van der Waals surface area contributed by atoms with E-state index in [1.165, 1.54) is 5.56 Å². The molecular formula is C18H21N3O2. The molecule has 1 aromatic heterocycles. The topological polar surface area (TPSA) is 49.6 Å². The molecule has 1 fully saturated rings. The van der Waals surface area contributed by atoms with Gasteiger partial charge < -0.3 is 9.42 Å². The number of carbonyl (C=O) groups excluding carboxylic acids is 1. The summed E-state index contributed by atoms with van der Waals surface area (Å²) in [5.74, 6) is 1.23. The van der Waals surface area contributed by atoms with Crippen LogP contribution >= 0.6 is 0 Å². The second-order valence-electron chi connectivity index (χ2n) is 6.52. The van der Waals surface area contributed by atoms with E-state index in [9.17, 15) is 4.79 Å². The highest BCUT2D eigenvalue weighted by Gasteiger charge is 2.34. The number of benzene rings is 1. The van der Waals surface area contributed by atoms with Gasteiger partial charge in [0.25, 0.3) is 0 Å². The number of anilines is 1. The SMILES string of the molecule is Cc1cc(CN2CCC(C(=O)N3CCc4ccccc43)C2)on1. The number of hydrogen-bond acceptors (Lipinski definition) is 4. The van der Waals surface area contributed by atoms with E-state index in [1.54, 1.807) is 0 Å². The Balaban J connectivity index is 1.41. The molecule has 5 nitrogen and oxygen atoms in total. The maximum atomic E-state index is 12.9. The van der Waals surface area contributed by atoms with Crippen LogP contribution in [0.5, 0.6) is 0 Å². The Morgan fingerprint density at radius 2 is 2.22 bits per heavy atom. The molecule has 5 heteroatoms. The summed E-state index contributed by atoms with van der Waals surface area (Å²) in [4.78, 5) is 17.1. The molecule has 0 aliphatic carbocycles. The van der Waals surface area contributed by atoms with Crippen molar-refractivity contribution in [1.82, 2.24) is 10.1 Å². The summed E-state index contributed by atoms with van der Waals surface area (Å²) in [6.45, 7) is 5.22. The van der Waals surface area contributed by atoms with Crippen molar-refractivity contribution >= 4 is 11.6 Å². The van der Waals surface area contributed by atoms with E-state index in [2.05, 4.69) is 22.2 Å². The molecule has 120 valence electrons. The molecule has 0 N–H and O–H groups in total. The summed E-state index contributed by atoms with van der Waals surface area (Å²) < 4.78 is 5.28. The van der Waals surface area contributed by atoms with Crippen LogP contribution in [0.3, 0.4) is 0 Å². The molecular weight excluding hydrogens is 290 g/mol. The van der Waals surface area contributed by atoms with Gasteiger partial charge in [0, 0.05) is 24.8 Å². The summed E-state index contributed by atoms with van der Waals surface area (Å²) in [5, 5.41) is 3.92. The van der Waals surface area contributed by atoms with Gasteiger partial charge in [-0.25, -0.2) is 0 Å². The average Bonchev–Trinajstić information content (AvgIpc) is 3.27. The Labute approximate surface area is 135 Å². The standard InChI is InChI=1S/C18H21N3O2/c1-13-10-16(23-19-13)12-20-8-6-15(11-20)18(22)21-9-7-14-4-2-3-5-17(14)21/h2-5,10,15H,6-9,11-12H2,1H3. The van der Waals surface area contributed by atoms with Crippen LogP contribution in [0.25, 0.3) is 0 Å². The van der Waals surface area contributed by atoms with Crippen LogP contribution in [0.4, 0.5) is 5.69 Å². The molecule has 1 unspecified atom stereocenters. The quantitative estimate of drug-likeness (QED) is 0.873. The molecule has 0 spiro atoms. The number of para-hydroxylation sites is 1. The Hall–Kier alpha value is -2.14. The number of likely N-dealkylation sites (tertiary alicyclic amines) is 1. The molecule has 23 heavy (non-hydrogen) atoms. The number of rotatable bonds is 3. The summed E-state index contributed by atoms with van der Waals surface area (Å²) >= 11 is 0. The van der Waals surface area contributed by atoms with E-state index in [0.29, 0.717) is 0 Å². The van der Waals surface area contributed by atoms with Crippen molar-refractivity contribution in [2.24, 2.45) is 5.92 Å². The van der Waals surface area contributed by atoms with Crippen molar-refractivity contribution in [2.45, 2.75) is 26.3 Å². The van der Waals surface area contributed by atoms with Crippen molar-refractivity contribution in [1.29, 1.82) is 0 Å². The Bertz CT molecular complexity index is 725. The first-order valence-electron chi connectivity index (χ1n) is 8.24. The largest absolute Gasteiger partial charge is 0.360 e. The van der Waals surface area contributed by atoms with E-state index < -0.39 is 0 Å². The number of aryl methyl sites for hydroxylation is 1. The predicted molar refractivity (Wildman–Crippen MR) is 87.1 cm³/mol. The van der Waals surface area contributed by atoms with Gasteiger partial charge in [0.15, 0.2) is 5.76 Å². The fourth-order valence-electron chi connectivity index (χ4n) is 3.68. The molecule has 1 atom stereocenters. The third-order valence-electron chi connectivity index (χ3n) is 4.83. The third-order valence-corrected chi connectivity index (χ3v) is 4.83. The van der Waals surface area contributed by atoms with Crippen molar-refractivity contribution in [3.8, 4) is 0 Å². The third kappa shape index (κ3) is 2.77. The Morgan fingerprint density at radius 3 is 3.04 bits per heavy atom. The van der Waals surface area contributed by atoms with Crippen LogP contribution in [0.15, 0.2) is 34.9 Å². The highest BCUT2D eigenvalue weighted by atomic mass is 16.5. The van der Waals surface area contributed by atoms with Gasteiger partial charge >= 0.3 is 0 Å². The number of hydrogen-bond donors (Lipinski definition) is 0. The van der Waals surface area contributed by atoms with Crippen LogP contribution in [0.2, 0.25) is 0 Å².